The van der Waals surface area contributed by atoms with Gasteiger partial charge in [-0.1, -0.05) is 0 Å². The Bertz CT molecular complexity index is 435. The van der Waals surface area contributed by atoms with E-state index in [1.165, 1.54) is 12.1 Å². The molecule has 17 heavy (non-hydrogen) atoms. The number of halogens is 1. The Morgan fingerprint density at radius 1 is 1.59 bits per heavy atom. The van der Waals surface area contributed by atoms with E-state index < -0.39 is 10.7 Å². The number of rotatable bonds is 5. The zero-order valence-corrected chi connectivity index (χ0v) is 9.23. The van der Waals surface area contributed by atoms with Crippen LogP contribution in [0.25, 0.3) is 0 Å². The van der Waals surface area contributed by atoms with E-state index in [0.717, 1.165) is 18.9 Å². The molecular weight excluding hydrogens is 225 g/mol. The molecule has 92 valence electrons. The highest BCUT2D eigenvalue weighted by molar-refractivity contribution is 5.61. The normalized spacial score (nSPS) is 16.6. The van der Waals surface area contributed by atoms with E-state index in [2.05, 4.69) is 5.32 Å². The zero-order valence-electron chi connectivity index (χ0n) is 9.23. The Hall–Kier alpha value is -1.69. The molecule has 0 radical (unpaired) electrons. The molecule has 0 bridgehead atoms. The lowest BCUT2D eigenvalue weighted by Crippen LogP contribution is -2.31. The fourth-order valence-corrected chi connectivity index (χ4v) is 1.72. The molecule has 0 aromatic heterocycles. The summed E-state index contributed by atoms with van der Waals surface area (Å²) < 4.78 is 12.9. The molecule has 1 atom stereocenters. The summed E-state index contributed by atoms with van der Waals surface area (Å²) in [5.41, 5.74) is 5.93. The number of nitrogens with two attached hydrogens (primary N) is 1. The SMILES string of the molecule is NC(CNc1ccc(F)cc1[N+](=O)[O-])C1CC1. The van der Waals surface area contributed by atoms with Crippen LogP contribution in [0.15, 0.2) is 18.2 Å². The monoisotopic (exact) mass is 239 g/mol. The van der Waals surface area contributed by atoms with E-state index in [0.29, 0.717) is 18.2 Å². The molecule has 1 saturated carbocycles. The van der Waals surface area contributed by atoms with Gasteiger partial charge < -0.3 is 11.1 Å². The average molecular weight is 239 g/mol. The molecule has 1 fully saturated rings. The van der Waals surface area contributed by atoms with Crippen molar-refractivity contribution in [1.82, 2.24) is 0 Å². The first kappa shape index (κ1) is 11.8. The number of benzene rings is 1. The Labute approximate surface area is 98.0 Å². The van der Waals surface area contributed by atoms with Gasteiger partial charge in [-0.2, -0.15) is 0 Å². The number of hydrogen-bond acceptors (Lipinski definition) is 4. The second-order valence-electron chi connectivity index (χ2n) is 4.30. The van der Waals surface area contributed by atoms with Crippen LogP contribution < -0.4 is 11.1 Å². The van der Waals surface area contributed by atoms with Gasteiger partial charge in [0, 0.05) is 12.6 Å². The third kappa shape index (κ3) is 2.91. The van der Waals surface area contributed by atoms with E-state index in [4.69, 9.17) is 5.73 Å². The van der Waals surface area contributed by atoms with Crippen LogP contribution in [0.1, 0.15) is 12.8 Å². The Balaban J connectivity index is 2.06. The van der Waals surface area contributed by atoms with E-state index >= 15 is 0 Å². The van der Waals surface area contributed by atoms with Crippen LogP contribution in [-0.4, -0.2) is 17.5 Å². The summed E-state index contributed by atoms with van der Waals surface area (Å²) in [6, 6.07) is 3.47. The average Bonchev–Trinajstić information content (AvgIpc) is 3.10. The van der Waals surface area contributed by atoms with Crippen molar-refractivity contribution in [3.05, 3.63) is 34.1 Å². The van der Waals surface area contributed by atoms with Crippen LogP contribution in [-0.2, 0) is 0 Å². The van der Waals surface area contributed by atoms with Crippen molar-refractivity contribution in [3.8, 4) is 0 Å². The minimum absolute atomic E-state index is 0.000317. The van der Waals surface area contributed by atoms with Gasteiger partial charge >= 0.3 is 0 Å². The maximum Gasteiger partial charge on any atom is 0.295 e. The van der Waals surface area contributed by atoms with Crippen molar-refractivity contribution in [3.63, 3.8) is 0 Å². The van der Waals surface area contributed by atoms with E-state index in [1.807, 2.05) is 0 Å². The van der Waals surface area contributed by atoms with Gasteiger partial charge in [-0.15, -0.1) is 0 Å². The van der Waals surface area contributed by atoms with Gasteiger partial charge in [-0.25, -0.2) is 4.39 Å². The molecule has 0 saturated heterocycles. The summed E-state index contributed by atoms with van der Waals surface area (Å²) >= 11 is 0. The molecule has 5 nitrogen and oxygen atoms in total. The topological polar surface area (TPSA) is 81.2 Å². The van der Waals surface area contributed by atoms with Crippen LogP contribution in [0.3, 0.4) is 0 Å². The molecule has 1 aromatic rings. The number of nitro groups is 1. The number of hydrogen-bond donors (Lipinski definition) is 2. The molecule has 1 unspecified atom stereocenters. The molecule has 1 aliphatic carbocycles. The number of anilines is 1. The van der Waals surface area contributed by atoms with Crippen molar-refractivity contribution < 1.29 is 9.31 Å². The Morgan fingerprint density at radius 2 is 2.29 bits per heavy atom. The van der Waals surface area contributed by atoms with Gasteiger partial charge in [0.2, 0.25) is 0 Å². The summed E-state index contributed by atoms with van der Waals surface area (Å²) in [4.78, 5) is 10.1. The molecule has 1 aromatic carbocycles. The van der Waals surface area contributed by atoms with Crippen molar-refractivity contribution in [2.45, 2.75) is 18.9 Å². The highest BCUT2D eigenvalue weighted by Gasteiger charge is 2.28. The van der Waals surface area contributed by atoms with Crippen LogP contribution >= 0.6 is 0 Å². The predicted octanol–water partition coefficient (Wildman–Crippen LogP) is 1.88. The Kier molecular flexibility index (Phi) is 3.23. The number of nitro benzene ring substituents is 1. The van der Waals surface area contributed by atoms with Gasteiger partial charge in [-0.05, 0) is 30.9 Å². The van der Waals surface area contributed by atoms with Gasteiger partial charge in [0.25, 0.3) is 5.69 Å². The van der Waals surface area contributed by atoms with Crippen LogP contribution in [0.2, 0.25) is 0 Å². The van der Waals surface area contributed by atoms with Crippen LogP contribution in [0.5, 0.6) is 0 Å². The first-order chi connectivity index (χ1) is 8.08. The zero-order chi connectivity index (χ0) is 12.4. The van der Waals surface area contributed by atoms with Gasteiger partial charge in [-0.3, -0.25) is 10.1 Å². The van der Waals surface area contributed by atoms with Crippen LogP contribution in [0.4, 0.5) is 15.8 Å². The summed E-state index contributed by atoms with van der Waals surface area (Å²) in [6.07, 6.45) is 2.24. The molecule has 0 heterocycles. The summed E-state index contributed by atoms with van der Waals surface area (Å²) in [5.74, 6) is -0.101. The maximum absolute atomic E-state index is 12.9. The largest absolute Gasteiger partial charge is 0.378 e. The molecule has 2 rings (SSSR count). The molecule has 0 amide bonds. The van der Waals surface area contributed by atoms with Crippen molar-refractivity contribution in [2.75, 3.05) is 11.9 Å². The van der Waals surface area contributed by atoms with E-state index in [1.54, 1.807) is 0 Å². The van der Waals surface area contributed by atoms with Crippen LogP contribution in [0, 0.1) is 21.8 Å². The highest BCUT2D eigenvalue weighted by atomic mass is 19.1. The fraction of sp³-hybridized carbons (Fsp3) is 0.455. The minimum Gasteiger partial charge on any atom is -0.378 e. The third-order valence-electron chi connectivity index (χ3n) is 2.91. The van der Waals surface area contributed by atoms with Crippen molar-refractivity contribution in [1.29, 1.82) is 0 Å². The summed E-state index contributed by atoms with van der Waals surface area (Å²) in [5, 5.41) is 13.6. The fourth-order valence-electron chi connectivity index (χ4n) is 1.72. The summed E-state index contributed by atoms with van der Waals surface area (Å²) in [6.45, 7) is 0.469. The second-order valence-corrected chi connectivity index (χ2v) is 4.30. The first-order valence-electron chi connectivity index (χ1n) is 5.51. The molecule has 6 heteroatoms. The van der Waals surface area contributed by atoms with Gasteiger partial charge in [0.15, 0.2) is 0 Å². The third-order valence-corrected chi connectivity index (χ3v) is 2.91. The number of nitrogens with zero attached hydrogens (tertiary/aromatic N) is 1. The first-order valence-corrected chi connectivity index (χ1v) is 5.51. The smallest absolute Gasteiger partial charge is 0.295 e. The van der Waals surface area contributed by atoms with Crippen molar-refractivity contribution >= 4 is 11.4 Å². The Morgan fingerprint density at radius 3 is 2.88 bits per heavy atom. The summed E-state index contributed by atoms with van der Waals surface area (Å²) in [7, 11) is 0. The second kappa shape index (κ2) is 4.67. The lowest BCUT2D eigenvalue weighted by atomic mass is 10.2. The molecular formula is C11H14FN3O2. The van der Waals surface area contributed by atoms with Crippen molar-refractivity contribution in [2.24, 2.45) is 11.7 Å². The predicted molar refractivity (Wildman–Crippen MR) is 62.2 cm³/mol. The number of nitrogens with one attached hydrogen (secondary N) is 1. The lowest BCUT2D eigenvalue weighted by molar-refractivity contribution is -0.384. The van der Waals surface area contributed by atoms with E-state index in [-0.39, 0.29) is 11.7 Å². The minimum atomic E-state index is -0.617. The lowest BCUT2D eigenvalue weighted by Gasteiger charge is -2.12. The molecule has 0 spiro atoms. The standard InChI is InChI=1S/C11H14FN3O2/c12-8-3-4-10(11(5-8)15(16)17)14-6-9(13)7-1-2-7/h3-5,7,9,14H,1-2,6,13H2. The quantitative estimate of drug-likeness (QED) is 0.607. The highest BCUT2D eigenvalue weighted by Crippen LogP contribution is 2.32. The van der Waals surface area contributed by atoms with Gasteiger partial charge in [0.1, 0.15) is 11.5 Å². The maximum atomic E-state index is 12.9. The van der Waals surface area contributed by atoms with Gasteiger partial charge in [0.05, 0.1) is 11.0 Å². The molecule has 1 aliphatic rings. The molecule has 3 N–H and O–H groups in total. The molecule has 0 aliphatic heterocycles. The van der Waals surface area contributed by atoms with E-state index in [9.17, 15) is 14.5 Å².